The number of aromatic nitrogens is 2. The molecule has 0 unspecified atom stereocenters. The van der Waals surface area contributed by atoms with Crippen LogP contribution in [0, 0.1) is 6.92 Å². The highest BCUT2D eigenvalue weighted by molar-refractivity contribution is 7.92. The van der Waals surface area contributed by atoms with Crippen molar-refractivity contribution in [3.05, 3.63) is 74.8 Å². The molecule has 1 aliphatic rings. The largest absolute Gasteiger partial charge is 0.437 e. The van der Waals surface area contributed by atoms with E-state index in [0.717, 1.165) is 22.3 Å². The summed E-state index contributed by atoms with van der Waals surface area (Å²) in [5.41, 5.74) is 4.28. The van der Waals surface area contributed by atoms with E-state index in [2.05, 4.69) is 9.35 Å². The number of halogens is 1. The number of ether oxygens (including phenoxy) is 1. The van der Waals surface area contributed by atoms with Gasteiger partial charge in [-0.3, -0.25) is 4.79 Å². The van der Waals surface area contributed by atoms with Crippen LogP contribution in [0.3, 0.4) is 0 Å². The quantitative estimate of drug-likeness (QED) is 0.546. The highest BCUT2D eigenvalue weighted by Crippen LogP contribution is 2.40. The summed E-state index contributed by atoms with van der Waals surface area (Å²) in [6.07, 6.45) is 10.9. The molecule has 2 heterocycles. The molecule has 0 atom stereocenters. The van der Waals surface area contributed by atoms with Gasteiger partial charge in [-0.15, -0.1) is 0 Å². The number of aryl methyl sites for hydroxylation is 2. The molecule has 1 aliphatic carbocycles. The van der Waals surface area contributed by atoms with Gasteiger partial charge in [0.05, 0.1) is 16.9 Å². The fourth-order valence-electron chi connectivity index (χ4n) is 3.57. The number of fused-ring (bicyclic) bond motifs is 1. The summed E-state index contributed by atoms with van der Waals surface area (Å²) in [5, 5.41) is 0.470. The third-order valence-electron chi connectivity index (χ3n) is 4.94. The van der Waals surface area contributed by atoms with Crippen molar-refractivity contribution in [2.24, 2.45) is 11.4 Å². The lowest BCUT2D eigenvalue weighted by atomic mass is 10.00. The highest BCUT2D eigenvalue weighted by Gasteiger charge is 2.21. The normalized spacial score (nSPS) is 12.7. The van der Waals surface area contributed by atoms with Crippen LogP contribution in [0.2, 0.25) is 5.02 Å². The summed E-state index contributed by atoms with van der Waals surface area (Å²) in [5.74, 6) is 0.837. The van der Waals surface area contributed by atoms with E-state index >= 15 is 0 Å². The van der Waals surface area contributed by atoms with Gasteiger partial charge in [0, 0.05) is 52.2 Å². The zero-order chi connectivity index (χ0) is 22.3. The van der Waals surface area contributed by atoms with E-state index < -0.39 is 9.73 Å². The minimum atomic E-state index is -2.38. The minimum absolute atomic E-state index is 0.0351. The molecule has 0 saturated heterocycles. The Morgan fingerprint density at radius 1 is 1.26 bits per heavy atom. The van der Waals surface area contributed by atoms with Gasteiger partial charge in [-0.05, 0) is 36.6 Å². The van der Waals surface area contributed by atoms with E-state index in [4.69, 9.17) is 16.3 Å². The molecule has 4 rings (SSSR count). The molecule has 0 aliphatic heterocycles. The molecule has 0 radical (unpaired) electrons. The van der Waals surface area contributed by atoms with Crippen molar-refractivity contribution in [1.82, 2.24) is 9.55 Å². The predicted octanol–water partition coefficient (Wildman–Crippen LogP) is 5.13. The first-order valence-electron chi connectivity index (χ1n) is 9.63. The third kappa shape index (κ3) is 4.29. The van der Waals surface area contributed by atoms with Crippen LogP contribution in [0.15, 0.2) is 51.9 Å². The maximum Gasteiger partial charge on any atom is 0.254 e. The average molecular weight is 456 g/mol. The average Bonchev–Trinajstić information content (AvgIpc) is 3.17. The number of allylic oxidation sites excluding steroid dienone is 1. The van der Waals surface area contributed by atoms with E-state index in [0.29, 0.717) is 34.3 Å². The second-order valence-corrected chi connectivity index (χ2v) is 10.7. The molecule has 3 aromatic rings. The summed E-state index contributed by atoms with van der Waals surface area (Å²) < 4.78 is 24.3. The van der Waals surface area contributed by atoms with Gasteiger partial charge < -0.3 is 9.30 Å². The number of rotatable bonds is 4. The van der Waals surface area contributed by atoms with Gasteiger partial charge in [0.2, 0.25) is 5.88 Å². The van der Waals surface area contributed by atoms with Crippen molar-refractivity contribution in [2.45, 2.75) is 13.3 Å². The number of nitrogens with zero attached hydrogens (tertiary/aromatic N) is 3. The first kappa shape index (κ1) is 21.3. The van der Waals surface area contributed by atoms with Crippen molar-refractivity contribution < 1.29 is 8.95 Å². The second kappa shape index (κ2) is 7.98. The third-order valence-corrected chi connectivity index (χ3v) is 5.89. The van der Waals surface area contributed by atoms with Crippen LogP contribution in [0.4, 0.5) is 5.69 Å². The van der Waals surface area contributed by atoms with Crippen molar-refractivity contribution in [3.8, 4) is 22.8 Å². The predicted molar refractivity (Wildman–Crippen MR) is 126 cm³/mol. The minimum Gasteiger partial charge on any atom is -0.437 e. The Kier molecular flexibility index (Phi) is 5.49. The SMILES string of the molecule is Cc1cccc(Cl)c1Oc1ncc(N=S(C)(C)=O)cc1-c1cn(C)c(=O)c2c1C=CC2. The highest BCUT2D eigenvalue weighted by atomic mass is 35.5. The van der Waals surface area contributed by atoms with Crippen LogP contribution in [0.1, 0.15) is 16.7 Å². The Labute approximate surface area is 186 Å². The number of benzene rings is 1. The van der Waals surface area contributed by atoms with Gasteiger partial charge in [0.15, 0.2) is 5.75 Å². The molecule has 8 heteroatoms. The molecule has 160 valence electrons. The molecular weight excluding hydrogens is 434 g/mol. The Hall–Kier alpha value is -2.90. The number of para-hydroxylation sites is 1. The molecule has 0 bridgehead atoms. The molecular formula is C23H22ClN3O3S. The zero-order valence-electron chi connectivity index (χ0n) is 17.7. The molecule has 0 fully saturated rings. The zero-order valence-corrected chi connectivity index (χ0v) is 19.3. The van der Waals surface area contributed by atoms with Gasteiger partial charge in [0.25, 0.3) is 5.56 Å². The Morgan fingerprint density at radius 3 is 2.74 bits per heavy atom. The molecule has 0 N–H and O–H groups in total. The van der Waals surface area contributed by atoms with E-state index in [9.17, 15) is 9.00 Å². The second-order valence-electron chi connectivity index (χ2n) is 7.76. The standard InChI is InChI=1S/C23H22ClN3O3S/c1-14-7-5-10-20(24)21(14)30-22-18(11-15(12-25-22)26-31(3,4)29)19-13-27(2)23(28)17-9-6-8-16(17)19/h5-8,10-13H,9H2,1-4H3. The van der Waals surface area contributed by atoms with E-state index in [-0.39, 0.29) is 5.56 Å². The molecule has 6 nitrogen and oxygen atoms in total. The molecule has 2 aromatic heterocycles. The van der Waals surface area contributed by atoms with E-state index in [1.807, 2.05) is 31.2 Å². The summed E-state index contributed by atoms with van der Waals surface area (Å²) in [6, 6.07) is 7.29. The lowest BCUT2D eigenvalue weighted by molar-refractivity contribution is 0.462. The van der Waals surface area contributed by atoms with Gasteiger partial charge >= 0.3 is 0 Å². The summed E-state index contributed by atoms with van der Waals surface area (Å²) >= 11 is 6.37. The van der Waals surface area contributed by atoms with Crippen LogP contribution >= 0.6 is 11.6 Å². The summed E-state index contributed by atoms with van der Waals surface area (Å²) in [7, 11) is -0.666. The molecule has 0 spiro atoms. The van der Waals surface area contributed by atoms with Crippen LogP contribution in [-0.2, 0) is 23.2 Å². The van der Waals surface area contributed by atoms with E-state index in [1.54, 1.807) is 42.5 Å². The maximum atomic E-state index is 12.6. The van der Waals surface area contributed by atoms with Crippen molar-refractivity contribution in [1.29, 1.82) is 0 Å². The van der Waals surface area contributed by atoms with Crippen molar-refractivity contribution in [2.75, 3.05) is 12.5 Å². The van der Waals surface area contributed by atoms with Crippen LogP contribution in [-0.4, -0.2) is 26.3 Å². The number of pyridine rings is 2. The van der Waals surface area contributed by atoms with E-state index in [1.165, 1.54) is 6.20 Å². The van der Waals surface area contributed by atoms with Crippen LogP contribution < -0.4 is 10.3 Å². The Morgan fingerprint density at radius 2 is 2.03 bits per heavy atom. The van der Waals surface area contributed by atoms with Gasteiger partial charge in [-0.2, -0.15) is 4.36 Å². The van der Waals surface area contributed by atoms with Crippen LogP contribution in [0.5, 0.6) is 11.6 Å². The monoisotopic (exact) mass is 455 g/mol. The smallest absolute Gasteiger partial charge is 0.254 e. The van der Waals surface area contributed by atoms with Crippen molar-refractivity contribution >= 4 is 33.1 Å². The number of hydrogen-bond donors (Lipinski definition) is 0. The Bertz CT molecular complexity index is 1390. The van der Waals surface area contributed by atoms with Crippen molar-refractivity contribution in [3.63, 3.8) is 0 Å². The Balaban J connectivity index is 1.98. The van der Waals surface area contributed by atoms with Gasteiger partial charge in [-0.1, -0.05) is 35.9 Å². The summed E-state index contributed by atoms with van der Waals surface area (Å²) in [6.45, 7) is 1.90. The van der Waals surface area contributed by atoms with Crippen LogP contribution in [0.25, 0.3) is 17.2 Å². The first-order chi connectivity index (χ1) is 14.6. The lowest BCUT2D eigenvalue weighted by Crippen LogP contribution is -2.21. The summed E-state index contributed by atoms with van der Waals surface area (Å²) in [4.78, 5) is 17.0. The molecule has 0 amide bonds. The lowest BCUT2D eigenvalue weighted by Gasteiger charge is -2.16. The topological polar surface area (TPSA) is 73.6 Å². The number of hydrogen-bond acceptors (Lipinski definition) is 5. The van der Waals surface area contributed by atoms with Gasteiger partial charge in [-0.25, -0.2) is 9.19 Å². The van der Waals surface area contributed by atoms with Gasteiger partial charge in [0.1, 0.15) is 0 Å². The molecule has 1 aromatic carbocycles. The molecule has 0 saturated carbocycles. The maximum absolute atomic E-state index is 12.6. The fourth-order valence-corrected chi connectivity index (χ4v) is 4.44. The molecule has 31 heavy (non-hydrogen) atoms. The fraction of sp³-hybridized carbons (Fsp3) is 0.217. The first-order valence-corrected chi connectivity index (χ1v) is 12.3.